The molecule has 0 unspecified atom stereocenters. The van der Waals surface area contributed by atoms with Crippen molar-refractivity contribution in [2.45, 2.75) is 20.0 Å². The lowest BCUT2D eigenvalue weighted by Crippen LogP contribution is -2.21. The lowest BCUT2D eigenvalue weighted by molar-refractivity contribution is 0.0600. The standard InChI is InChI=1S/C25H26N4O6/c1-15(2)34-21-12-18(23(30)27-20-11-8-17(14-26-20)25(32)33-5)13-22(28-21)35-19-9-6-16(7-10-19)24(31)29(3)4/h6-15H,1-5H3,(H,26,27,30). The van der Waals surface area contributed by atoms with Crippen LogP contribution in [0.15, 0.2) is 54.7 Å². The van der Waals surface area contributed by atoms with Crippen molar-refractivity contribution in [3.63, 3.8) is 0 Å². The van der Waals surface area contributed by atoms with E-state index in [-0.39, 0.29) is 40.7 Å². The minimum absolute atomic E-state index is 0.130. The number of ether oxygens (including phenoxy) is 3. The van der Waals surface area contributed by atoms with E-state index in [0.717, 1.165) is 0 Å². The molecule has 1 aromatic carbocycles. The molecule has 0 saturated heterocycles. The number of carbonyl (C=O) groups excluding carboxylic acids is 3. The van der Waals surface area contributed by atoms with Crippen molar-refractivity contribution in [1.82, 2.24) is 14.9 Å². The molecule has 0 saturated carbocycles. The maximum absolute atomic E-state index is 12.9. The van der Waals surface area contributed by atoms with E-state index in [9.17, 15) is 14.4 Å². The lowest BCUT2D eigenvalue weighted by atomic mass is 10.2. The molecule has 0 aliphatic heterocycles. The quantitative estimate of drug-likeness (QED) is 0.486. The second-order valence-electron chi connectivity index (χ2n) is 7.90. The summed E-state index contributed by atoms with van der Waals surface area (Å²) in [7, 11) is 4.62. The van der Waals surface area contributed by atoms with Crippen LogP contribution in [-0.2, 0) is 4.74 Å². The number of hydrogen-bond donors (Lipinski definition) is 1. The largest absolute Gasteiger partial charge is 0.475 e. The second kappa shape index (κ2) is 11.1. The summed E-state index contributed by atoms with van der Waals surface area (Å²) in [4.78, 5) is 46.4. The van der Waals surface area contributed by atoms with Crippen LogP contribution < -0.4 is 14.8 Å². The summed E-state index contributed by atoms with van der Waals surface area (Å²) in [5.74, 6) is -0.119. The van der Waals surface area contributed by atoms with Crippen molar-refractivity contribution in [3.05, 3.63) is 71.4 Å². The summed E-state index contributed by atoms with van der Waals surface area (Å²) in [6, 6.07) is 12.5. The van der Waals surface area contributed by atoms with Crippen LogP contribution in [-0.4, -0.2) is 60.0 Å². The number of pyridine rings is 2. The van der Waals surface area contributed by atoms with Crippen molar-refractivity contribution in [3.8, 4) is 17.5 Å². The Kier molecular flexibility index (Phi) is 7.98. The fourth-order valence-corrected chi connectivity index (χ4v) is 2.91. The average Bonchev–Trinajstić information content (AvgIpc) is 2.83. The highest BCUT2D eigenvalue weighted by atomic mass is 16.5. The van der Waals surface area contributed by atoms with E-state index in [1.807, 2.05) is 13.8 Å². The molecule has 1 N–H and O–H groups in total. The maximum atomic E-state index is 12.9. The van der Waals surface area contributed by atoms with Crippen molar-refractivity contribution < 1.29 is 28.6 Å². The Bertz CT molecular complexity index is 1210. The first-order valence-electron chi connectivity index (χ1n) is 10.7. The third-order valence-corrected chi connectivity index (χ3v) is 4.55. The van der Waals surface area contributed by atoms with Crippen LogP contribution in [0.2, 0.25) is 0 Å². The van der Waals surface area contributed by atoms with Gasteiger partial charge in [-0.3, -0.25) is 9.59 Å². The molecule has 2 heterocycles. The molecule has 2 aromatic heterocycles. The fraction of sp³-hybridized carbons (Fsp3) is 0.240. The maximum Gasteiger partial charge on any atom is 0.339 e. The number of anilines is 1. The van der Waals surface area contributed by atoms with Crippen LogP contribution in [0, 0.1) is 0 Å². The SMILES string of the molecule is COC(=O)c1ccc(NC(=O)c2cc(Oc3ccc(C(=O)N(C)C)cc3)nc(OC(C)C)c2)nc1. The summed E-state index contributed by atoms with van der Waals surface area (Å²) >= 11 is 0. The van der Waals surface area contributed by atoms with Gasteiger partial charge in [0.1, 0.15) is 11.6 Å². The smallest absolute Gasteiger partial charge is 0.339 e. The Morgan fingerprint density at radius 3 is 2.14 bits per heavy atom. The molecular weight excluding hydrogens is 452 g/mol. The number of carbonyl (C=O) groups is 3. The van der Waals surface area contributed by atoms with Gasteiger partial charge in [-0.25, -0.2) is 9.78 Å². The van der Waals surface area contributed by atoms with E-state index in [1.54, 1.807) is 38.4 Å². The summed E-state index contributed by atoms with van der Waals surface area (Å²) in [6.07, 6.45) is 1.12. The molecular formula is C25H26N4O6. The van der Waals surface area contributed by atoms with Crippen molar-refractivity contribution in [1.29, 1.82) is 0 Å². The normalized spacial score (nSPS) is 10.5. The van der Waals surface area contributed by atoms with E-state index in [1.165, 1.54) is 42.5 Å². The molecule has 10 heteroatoms. The van der Waals surface area contributed by atoms with Crippen LogP contribution >= 0.6 is 0 Å². The molecule has 2 amide bonds. The van der Waals surface area contributed by atoms with Gasteiger partial charge in [0, 0.05) is 38.0 Å². The third-order valence-electron chi connectivity index (χ3n) is 4.55. The Morgan fingerprint density at radius 2 is 1.57 bits per heavy atom. The molecule has 0 aliphatic carbocycles. The van der Waals surface area contributed by atoms with Crippen LogP contribution in [0.1, 0.15) is 44.9 Å². The van der Waals surface area contributed by atoms with Gasteiger partial charge in [0.15, 0.2) is 0 Å². The van der Waals surface area contributed by atoms with Gasteiger partial charge in [-0.15, -0.1) is 0 Å². The molecule has 3 rings (SSSR count). The molecule has 3 aromatic rings. The van der Waals surface area contributed by atoms with Gasteiger partial charge in [-0.1, -0.05) is 0 Å². The molecule has 0 spiro atoms. The Balaban J connectivity index is 1.82. The number of nitrogens with one attached hydrogen (secondary N) is 1. The first-order chi connectivity index (χ1) is 16.7. The number of rotatable bonds is 8. The summed E-state index contributed by atoms with van der Waals surface area (Å²) in [5, 5.41) is 2.66. The summed E-state index contributed by atoms with van der Waals surface area (Å²) in [6.45, 7) is 3.67. The molecule has 0 radical (unpaired) electrons. The zero-order valence-corrected chi connectivity index (χ0v) is 20.1. The van der Waals surface area contributed by atoms with Crippen molar-refractivity contribution in [2.24, 2.45) is 0 Å². The number of benzene rings is 1. The van der Waals surface area contributed by atoms with Crippen molar-refractivity contribution in [2.75, 3.05) is 26.5 Å². The van der Waals surface area contributed by atoms with E-state index < -0.39 is 11.9 Å². The monoisotopic (exact) mass is 478 g/mol. The first-order valence-corrected chi connectivity index (χ1v) is 10.7. The number of hydrogen-bond acceptors (Lipinski definition) is 8. The highest BCUT2D eigenvalue weighted by molar-refractivity contribution is 6.04. The predicted molar refractivity (Wildman–Crippen MR) is 128 cm³/mol. The highest BCUT2D eigenvalue weighted by Gasteiger charge is 2.15. The topological polar surface area (TPSA) is 120 Å². The van der Waals surface area contributed by atoms with Gasteiger partial charge in [-0.2, -0.15) is 4.98 Å². The molecule has 0 fully saturated rings. The van der Waals surface area contributed by atoms with Crippen LogP contribution in [0.3, 0.4) is 0 Å². The van der Waals surface area contributed by atoms with Crippen LogP contribution in [0.4, 0.5) is 5.82 Å². The number of aromatic nitrogens is 2. The third kappa shape index (κ3) is 6.76. The van der Waals surface area contributed by atoms with Crippen LogP contribution in [0.25, 0.3) is 0 Å². The Morgan fingerprint density at radius 1 is 0.914 bits per heavy atom. The molecule has 10 nitrogen and oxygen atoms in total. The van der Waals surface area contributed by atoms with Gasteiger partial charge in [0.2, 0.25) is 11.8 Å². The van der Waals surface area contributed by atoms with E-state index in [4.69, 9.17) is 9.47 Å². The Labute approximate surface area is 202 Å². The van der Waals surface area contributed by atoms with Gasteiger partial charge in [0.05, 0.1) is 24.3 Å². The molecule has 0 bridgehead atoms. The molecule has 35 heavy (non-hydrogen) atoms. The molecule has 182 valence electrons. The zero-order valence-electron chi connectivity index (χ0n) is 20.1. The van der Waals surface area contributed by atoms with Gasteiger partial charge < -0.3 is 24.4 Å². The lowest BCUT2D eigenvalue weighted by Gasteiger charge is -2.13. The first kappa shape index (κ1) is 25.2. The van der Waals surface area contributed by atoms with Gasteiger partial charge in [-0.05, 0) is 50.2 Å². The molecule has 0 atom stereocenters. The number of methoxy groups -OCH3 is 1. The summed E-state index contributed by atoms with van der Waals surface area (Å²) in [5.41, 5.74) is 0.998. The van der Waals surface area contributed by atoms with Gasteiger partial charge >= 0.3 is 5.97 Å². The molecule has 0 aliphatic rings. The number of nitrogens with zero attached hydrogens (tertiary/aromatic N) is 3. The zero-order chi connectivity index (χ0) is 25.5. The van der Waals surface area contributed by atoms with Crippen LogP contribution in [0.5, 0.6) is 17.5 Å². The minimum atomic E-state index is -0.527. The number of amides is 2. The van der Waals surface area contributed by atoms with E-state index >= 15 is 0 Å². The Hall–Kier alpha value is -4.47. The predicted octanol–water partition coefficient (Wildman–Crippen LogP) is 3.80. The minimum Gasteiger partial charge on any atom is -0.475 e. The summed E-state index contributed by atoms with van der Waals surface area (Å²) < 4.78 is 16.1. The van der Waals surface area contributed by atoms with Gasteiger partial charge in [0.25, 0.3) is 11.8 Å². The second-order valence-corrected chi connectivity index (χ2v) is 7.90. The van der Waals surface area contributed by atoms with E-state index in [0.29, 0.717) is 11.3 Å². The average molecular weight is 479 g/mol. The highest BCUT2D eigenvalue weighted by Crippen LogP contribution is 2.25. The van der Waals surface area contributed by atoms with E-state index in [2.05, 4.69) is 20.0 Å². The van der Waals surface area contributed by atoms with Crippen molar-refractivity contribution >= 4 is 23.6 Å². The number of esters is 1. The fourth-order valence-electron chi connectivity index (χ4n) is 2.91.